The minimum absolute atomic E-state index is 0.0874. The predicted octanol–water partition coefficient (Wildman–Crippen LogP) is 3.42. The van der Waals surface area contributed by atoms with Crippen LogP contribution in [0.25, 0.3) is 6.08 Å². The first-order valence-corrected chi connectivity index (χ1v) is 6.90. The summed E-state index contributed by atoms with van der Waals surface area (Å²) in [4.78, 5) is 13.5. The number of carbonyl (C=O) groups is 1. The second-order valence-electron chi connectivity index (χ2n) is 5.20. The summed E-state index contributed by atoms with van der Waals surface area (Å²) in [7, 11) is 3.05. The molecule has 1 amide bonds. The van der Waals surface area contributed by atoms with Crippen molar-refractivity contribution in [3.05, 3.63) is 29.8 Å². The number of ether oxygens (including phenoxy) is 2. The van der Waals surface area contributed by atoms with Crippen molar-refractivity contribution in [3.63, 3.8) is 0 Å². The van der Waals surface area contributed by atoms with Gasteiger partial charge in [-0.1, -0.05) is 26.0 Å². The molecule has 0 aliphatic carbocycles. The number of methoxy groups -OCH3 is 1. The Bertz CT molecular complexity index is 530. The van der Waals surface area contributed by atoms with Gasteiger partial charge in [-0.3, -0.25) is 4.79 Å². The lowest BCUT2D eigenvalue weighted by molar-refractivity contribution is -0.125. The summed E-state index contributed by atoms with van der Waals surface area (Å²) < 4.78 is 34.5. The summed E-state index contributed by atoms with van der Waals surface area (Å²) >= 11 is 0. The molecule has 0 fully saturated rings. The largest absolute Gasteiger partial charge is 0.493 e. The fourth-order valence-corrected chi connectivity index (χ4v) is 1.97. The van der Waals surface area contributed by atoms with E-state index in [4.69, 9.17) is 4.74 Å². The van der Waals surface area contributed by atoms with Crippen molar-refractivity contribution >= 4 is 12.0 Å². The highest BCUT2D eigenvalue weighted by molar-refractivity contribution is 5.92. The summed E-state index contributed by atoms with van der Waals surface area (Å²) in [6.07, 6.45) is 2.77. The monoisotopic (exact) mass is 313 g/mol. The maximum atomic E-state index is 12.5. The lowest BCUT2D eigenvalue weighted by atomic mass is 10.1. The van der Waals surface area contributed by atoms with E-state index < -0.39 is 6.61 Å². The van der Waals surface area contributed by atoms with Crippen LogP contribution in [0.15, 0.2) is 24.3 Å². The number of benzene rings is 1. The first-order valence-electron chi connectivity index (χ1n) is 6.90. The van der Waals surface area contributed by atoms with E-state index in [1.807, 2.05) is 13.8 Å². The average molecular weight is 313 g/mol. The van der Waals surface area contributed by atoms with Gasteiger partial charge in [-0.15, -0.1) is 0 Å². The summed E-state index contributed by atoms with van der Waals surface area (Å²) in [5.41, 5.74) is 0.353. The van der Waals surface area contributed by atoms with Gasteiger partial charge in [0.05, 0.1) is 7.11 Å². The highest BCUT2D eigenvalue weighted by Crippen LogP contribution is 2.33. The molecule has 0 spiro atoms. The Balaban J connectivity index is 2.96. The lowest BCUT2D eigenvalue weighted by Crippen LogP contribution is -2.28. The van der Waals surface area contributed by atoms with Crippen molar-refractivity contribution in [2.75, 3.05) is 20.7 Å². The van der Waals surface area contributed by atoms with E-state index in [2.05, 4.69) is 4.74 Å². The van der Waals surface area contributed by atoms with Crippen LogP contribution in [-0.4, -0.2) is 38.1 Å². The van der Waals surface area contributed by atoms with Gasteiger partial charge < -0.3 is 14.4 Å². The zero-order valence-electron chi connectivity index (χ0n) is 13.2. The van der Waals surface area contributed by atoms with Crippen molar-refractivity contribution in [1.82, 2.24) is 4.90 Å². The van der Waals surface area contributed by atoms with E-state index in [1.54, 1.807) is 24.1 Å². The Labute approximate surface area is 129 Å². The third-order valence-electron chi connectivity index (χ3n) is 2.86. The SMILES string of the molecule is COc1cccc(/C=C/C(=O)N(C)CC(C)C)c1OC(F)F. The molecule has 0 aliphatic rings. The van der Waals surface area contributed by atoms with E-state index in [0.717, 1.165) is 0 Å². The smallest absolute Gasteiger partial charge is 0.387 e. The molecule has 0 radical (unpaired) electrons. The van der Waals surface area contributed by atoms with Crippen LogP contribution in [0.1, 0.15) is 19.4 Å². The fraction of sp³-hybridized carbons (Fsp3) is 0.438. The number of rotatable bonds is 7. The molecular formula is C16H21F2NO3. The number of alkyl halides is 2. The maximum absolute atomic E-state index is 12.5. The maximum Gasteiger partial charge on any atom is 0.387 e. The molecule has 0 unspecified atom stereocenters. The number of hydrogen-bond donors (Lipinski definition) is 0. The predicted molar refractivity (Wildman–Crippen MR) is 81.1 cm³/mol. The second kappa shape index (κ2) is 8.36. The van der Waals surface area contributed by atoms with Crippen molar-refractivity contribution in [3.8, 4) is 11.5 Å². The van der Waals surface area contributed by atoms with E-state index in [-0.39, 0.29) is 17.4 Å². The van der Waals surface area contributed by atoms with Gasteiger partial charge in [0.2, 0.25) is 5.91 Å². The Morgan fingerprint density at radius 3 is 2.59 bits per heavy atom. The van der Waals surface area contributed by atoms with Gasteiger partial charge in [0, 0.05) is 25.2 Å². The molecule has 0 N–H and O–H groups in total. The van der Waals surface area contributed by atoms with Crippen LogP contribution in [0.5, 0.6) is 11.5 Å². The van der Waals surface area contributed by atoms with E-state index in [0.29, 0.717) is 18.0 Å². The van der Waals surface area contributed by atoms with Crippen LogP contribution in [0.4, 0.5) is 8.78 Å². The molecule has 6 heteroatoms. The van der Waals surface area contributed by atoms with Crippen molar-refractivity contribution < 1.29 is 23.0 Å². The Morgan fingerprint density at radius 2 is 2.05 bits per heavy atom. The van der Waals surface area contributed by atoms with Crippen LogP contribution in [-0.2, 0) is 4.79 Å². The molecule has 122 valence electrons. The molecule has 0 bridgehead atoms. The highest BCUT2D eigenvalue weighted by atomic mass is 19.3. The molecule has 0 aliphatic heterocycles. The zero-order chi connectivity index (χ0) is 16.7. The van der Waals surface area contributed by atoms with Gasteiger partial charge in [-0.05, 0) is 18.1 Å². The van der Waals surface area contributed by atoms with Crippen LogP contribution < -0.4 is 9.47 Å². The summed E-state index contributed by atoms with van der Waals surface area (Å²) in [5.74, 6) is 0.234. The molecule has 4 nitrogen and oxygen atoms in total. The molecular weight excluding hydrogens is 292 g/mol. The van der Waals surface area contributed by atoms with Crippen molar-refractivity contribution in [1.29, 1.82) is 0 Å². The second-order valence-corrected chi connectivity index (χ2v) is 5.20. The van der Waals surface area contributed by atoms with Gasteiger partial charge in [0.15, 0.2) is 11.5 Å². The van der Waals surface area contributed by atoms with Gasteiger partial charge in [0.1, 0.15) is 0 Å². The Kier molecular flexibility index (Phi) is 6.82. The van der Waals surface area contributed by atoms with Crippen molar-refractivity contribution in [2.24, 2.45) is 5.92 Å². The molecule has 0 saturated heterocycles. The molecule has 1 rings (SSSR count). The number of hydrogen-bond acceptors (Lipinski definition) is 3. The number of likely N-dealkylation sites (N-methyl/N-ethyl adjacent to an activating group) is 1. The number of para-hydroxylation sites is 1. The van der Waals surface area contributed by atoms with Crippen LogP contribution in [0.2, 0.25) is 0 Å². The molecule has 1 aromatic rings. The molecule has 0 heterocycles. The topological polar surface area (TPSA) is 38.8 Å². The van der Waals surface area contributed by atoms with E-state index in [9.17, 15) is 13.6 Å². The standard InChI is InChI=1S/C16H21F2NO3/c1-11(2)10-19(3)14(20)9-8-12-6-5-7-13(21-4)15(12)22-16(17)18/h5-9,11,16H,10H2,1-4H3/b9-8+. The van der Waals surface area contributed by atoms with Gasteiger partial charge >= 0.3 is 6.61 Å². The Hall–Kier alpha value is -2.11. The normalized spacial score (nSPS) is 11.3. The molecule has 0 atom stereocenters. The first-order chi connectivity index (χ1) is 10.3. The summed E-state index contributed by atoms with van der Waals surface area (Å²) in [6.45, 7) is 1.65. The minimum Gasteiger partial charge on any atom is -0.493 e. The fourth-order valence-electron chi connectivity index (χ4n) is 1.97. The summed E-state index contributed by atoms with van der Waals surface area (Å²) in [6, 6.07) is 4.73. The molecule has 0 aromatic heterocycles. The van der Waals surface area contributed by atoms with Gasteiger partial charge in [-0.25, -0.2) is 0 Å². The van der Waals surface area contributed by atoms with E-state index in [1.165, 1.54) is 25.3 Å². The van der Waals surface area contributed by atoms with Crippen molar-refractivity contribution in [2.45, 2.75) is 20.5 Å². The lowest BCUT2D eigenvalue weighted by Gasteiger charge is -2.17. The summed E-state index contributed by atoms with van der Waals surface area (Å²) in [5, 5.41) is 0. The van der Waals surface area contributed by atoms with Crippen LogP contribution in [0.3, 0.4) is 0 Å². The van der Waals surface area contributed by atoms with Gasteiger partial charge in [-0.2, -0.15) is 8.78 Å². The molecule has 0 saturated carbocycles. The minimum atomic E-state index is -2.97. The average Bonchev–Trinajstić information content (AvgIpc) is 2.44. The number of nitrogens with zero attached hydrogens (tertiary/aromatic N) is 1. The number of amides is 1. The molecule has 22 heavy (non-hydrogen) atoms. The first kappa shape index (κ1) is 17.9. The third-order valence-corrected chi connectivity index (χ3v) is 2.86. The molecule has 1 aromatic carbocycles. The Morgan fingerprint density at radius 1 is 1.36 bits per heavy atom. The number of halogens is 2. The van der Waals surface area contributed by atoms with E-state index >= 15 is 0 Å². The van der Waals surface area contributed by atoms with Gasteiger partial charge in [0.25, 0.3) is 0 Å². The van der Waals surface area contributed by atoms with Crippen LogP contribution in [0, 0.1) is 5.92 Å². The zero-order valence-corrected chi connectivity index (χ0v) is 13.2. The third kappa shape index (κ3) is 5.35. The highest BCUT2D eigenvalue weighted by Gasteiger charge is 2.14. The quantitative estimate of drug-likeness (QED) is 0.724. The van der Waals surface area contributed by atoms with Crippen LogP contribution >= 0.6 is 0 Å². The number of carbonyl (C=O) groups excluding carboxylic acids is 1.